The average molecular weight is 698 g/mol. The van der Waals surface area contributed by atoms with E-state index in [2.05, 4.69) is 62.2 Å². The maximum Gasteiger partial charge on any atom is 0.309 e. The van der Waals surface area contributed by atoms with Crippen LogP contribution in [0.1, 0.15) is 73.4 Å². The number of hydrogen-bond acceptors (Lipinski definition) is 5. The summed E-state index contributed by atoms with van der Waals surface area (Å²) in [6, 6.07) is 18.6. The molecular weight excluding hydrogens is 650 g/mol. The summed E-state index contributed by atoms with van der Waals surface area (Å²) >= 11 is 6.53. The van der Waals surface area contributed by atoms with Crippen LogP contribution < -0.4 is 10.1 Å². The molecule has 1 unspecified atom stereocenters. The van der Waals surface area contributed by atoms with Crippen LogP contribution in [0.5, 0.6) is 5.75 Å². The summed E-state index contributed by atoms with van der Waals surface area (Å²) in [6.45, 7) is 12.8. The molecule has 1 fully saturated rings. The van der Waals surface area contributed by atoms with Gasteiger partial charge in [-0.1, -0.05) is 72.0 Å². The highest BCUT2D eigenvalue weighted by Gasteiger charge is 2.55. The van der Waals surface area contributed by atoms with Gasteiger partial charge in [-0.25, -0.2) is 0 Å². The molecule has 2 N–H and O–H groups in total. The number of rotatable bonds is 13. The molecule has 0 saturated carbocycles. The van der Waals surface area contributed by atoms with Crippen LogP contribution in [-0.4, -0.2) is 64.5 Å². The number of carbonyl (C=O) groups excluding carboxylic acids is 2. The molecule has 3 aromatic carbocycles. The SMILES string of the molecule is CCN(Cc1ccccc1Cl)C(=O)C1N(C(=O)CCC(C)(C)C(=O)O)C[C@@H]2C#CC[C@]1(c1ccc(CCOc3cc(C)cc(C)c3C)cc1)N2. The van der Waals surface area contributed by atoms with E-state index in [0.717, 1.165) is 33.6 Å². The third-order valence-electron chi connectivity index (χ3n) is 10.2. The van der Waals surface area contributed by atoms with Crippen molar-refractivity contribution < 1.29 is 24.2 Å². The van der Waals surface area contributed by atoms with Gasteiger partial charge in [-0.05, 0) is 93.5 Å². The number of halogens is 1. The number of aliphatic carboxylic acids is 1. The number of nitrogens with zero attached hydrogens (tertiary/aromatic N) is 2. The maximum absolute atomic E-state index is 14.9. The third-order valence-corrected chi connectivity index (χ3v) is 10.6. The van der Waals surface area contributed by atoms with Crippen molar-refractivity contribution in [1.29, 1.82) is 0 Å². The minimum absolute atomic E-state index is 0.00514. The van der Waals surface area contributed by atoms with Gasteiger partial charge in [0.15, 0.2) is 0 Å². The van der Waals surface area contributed by atoms with Crippen molar-refractivity contribution in [1.82, 2.24) is 15.1 Å². The fraction of sp³-hybridized carbons (Fsp3) is 0.439. The Morgan fingerprint density at radius 2 is 1.82 bits per heavy atom. The molecule has 5 rings (SSSR count). The molecule has 3 atom stereocenters. The molecule has 264 valence electrons. The largest absolute Gasteiger partial charge is 0.493 e. The molecule has 2 aliphatic rings. The lowest BCUT2D eigenvalue weighted by molar-refractivity contribution is -0.155. The zero-order valence-electron chi connectivity index (χ0n) is 29.9. The molecule has 0 radical (unpaired) electrons. The summed E-state index contributed by atoms with van der Waals surface area (Å²) in [4.78, 5) is 44.2. The van der Waals surface area contributed by atoms with Crippen molar-refractivity contribution in [2.24, 2.45) is 5.41 Å². The number of likely N-dealkylation sites (N-methyl/N-ethyl adjacent to an activating group) is 1. The summed E-state index contributed by atoms with van der Waals surface area (Å²) < 4.78 is 6.19. The average Bonchev–Trinajstić information content (AvgIpc) is 3.08. The lowest BCUT2D eigenvalue weighted by Gasteiger charge is -2.53. The van der Waals surface area contributed by atoms with Crippen molar-refractivity contribution in [2.75, 3.05) is 19.7 Å². The van der Waals surface area contributed by atoms with Gasteiger partial charge < -0.3 is 19.6 Å². The Kier molecular flexibility index (Phi) is 11.3. The van der Waals surface area contributed by atoms with Crippen LogP contribution in [-0.2, 0) is 32.9 Å². The van der Waals surface area contributed by atoms with Crippen molar-refractivity contribution in [3.05, 3.63) is 99.1 Å². The van der Waals surface area contributed by atoms with E-state index in [1.54, 1.807) is 29.7 Å². The van der Waals surface area contributed by atoms with E-state index in [0.29, 0.717) is 31.0 Å². The summed E-state index contributed by atoms with van der Waals surface area (Å²) in [5.41, 5.74) is 4.19. The second-order valence-electron chi connectivity index (χ2n) is 14.2. The van der Waals surface area contributed by atoms with Gasteiger partial charge in [0.1, 0.15) is 11.8 Å². The third kappa shape index (κ3) is 7.85. The van der Waals surface area contributed by atoms with E-state index in [-0.39, 0.29) is 43.8 Å². The molecule has 2 bridgehead atoms. The molecule has 8 nitrogen and oxygen atoms in total. The van der Waals surface area contributed by atoms with E-state index in [1.807, 2.05) is 37.3 Å². The van der Waals surface area contributed by atoms with E-state index >= 15 is 0 Å². The number of aryl methyl sites for hydroxylation is 2. The fourth-order valence-electron chi connectivity index (χ4n) is 6.90. The Labute approximate surface area is 301 Å². The standard InChI is InChI=1S/C41H48ClN3O5/c1-7-44(25-31-11-8-9-13-34(31)42)38(47)37-41(20-10-12-33(43-41)26-45(37)36(46)18-21-40(5,6)39(48)49)32-16-14-30(15-17-32)19-22-50-35-24-27(2)23-28(3)29(35)4/h8-9,11,13-17,23-24,33,37,43H,7,18-22,25-26H2,1-6H3,(H,48,49)/t33-,37?,41+/m0/s1. The number of ether oxygens (including phenoxy) is 1. The van der Waals surface area contributed by atoms with Crippen molar-refractivity contribution >= 4 is 29.4 Å². The molecule has 9 heteroatoms. The molecule has 0 spiro atoms. The first-order valence-electron chi connectivity index (χ1n) is 17.4. The molecule has 1 saturated heterocycles. The maximum atomic E-state index is 14.9. The first kappa shape index (κ1) is 36.9. The minimum atomic E-state index is -1.09. The van der Waals surface area contributed by atoms with Gasteiger partial charge >= 0.3 is 5.97 Å². The van der Waals surface area contributed by atoms with E-state index in [1.165, 1.54) is 5.56 Å². The number of amides is 2. The van der Waals surface area contributed by atoms with E-state index in [4.69, 9.17) is 16.3 Å². The van der Waals surface area contributed by atoms with Gasteiger partial charge in [-0.15, -0.1) is 0 Å². The van der Waals surface area contributed by atoms with Gasteiger partial charge in [-0.2, -0.15) is 0 Å². The van der Waals surface area contributed by atoms with Crippen LogP contribution in [0.2, 0.25) is 5.02 Å². The van der Waals surface area contributed by atoms with Crippen molar-refractivity contribution in [3.63, 3.8) is 0 Å². The Balaban J connectivity index is 1.46. The molecular formula is C41H48ClN3O5. The van der Waals surface area contributed by atoms with Gasteiger partial charge in [0.05, 0.1) is 23.6 Å². The number of carboxylic acid groups (broad SMARTS) is 1. The van der Waals surface area contributed by atoms with Crippen LogP contribution in [0, 0.1) is 38.0 Å². The van der Waals surface area contributed by atoms with Crippen molar-refractivity contribution in [3.8, 4) is 17.6 Å². The van der Waals surface area contributed by atoms with Gasteiger partial charge in [0, 0.05) is 43.9 Å². The Morgan fingerprint density at radius 1 is 1.10 bits per heavy atom. The Hall–Kier alpha value is -4.32. The highest BCUT2D eigenvalue weighted by molar-refractivity contribution is 6.31. The molecule has 3 aromatic rings. The normalized spacial score (nSPS) is 19.7. The van der Waals surface area contributed by atoms with Crippen LogP contribution in [0.3, 0.4) is 0 Å². The number of fused-ring (bicyclic) bond motifs is 2. The summed E-state index contributed by atoms with van der Waals surface area (Å²) in [5.74, 6) is 5.98. The lowest BCUT2D eigenvalue weighted by Crippen LogP contribution is -2.73. The number of piperazine rings is 1. The first-order valence-corrected chi connectivity index (χ1v) is 17.7. The fourth-order valence-corrected chi connectivity index (χ4v) is 7.09. The highest BCUT2D eigenvalue weighted by atomic mass is 35.5. The number of benzene rings is 3. The molecule has 0 aromatic heterocycles. The number of hydrogen-bond donors (Lipinski definition) is 2. The van der Waals surface area contributed by atoms with Crippen LogP contribution in [0.4, 0.5) is 0 Å². The Bertz CT molecular complexity index is 1810. The predicted octanol–water partition coefficient (Wildman–Crippen LogP) is 6.60. The minimum Gasteiger partial charge on any atom is -0.493 e. The molecule has 2 heterocycles. The van der Waals surface area contributed by atoms with Crippen LogP contribution >= 0.6 is 11.6 Å². The Morgan fingerprint density at radius 3 is 2.50 bits per heavy atom. The summed E-state index contributed by atoms with van der Waals surface area (Å²) in [5, 5.41) is 14.0. The molecule has 50 heavy (non-hydrogen) atoms. The number of carboxylic acids is 1. The van der Waals surface area contributed by atoms with Crippen LogP contribution in [0.15, 0.2) is 60.7 Å². The monoisotopic (exact) mass is 697 g/mol. The molecule has 2 aliphatic heterocycles. The molecule has 0 aliphatic carbocycles. The van der Waals surface area contributed by atoms with Gasteiger partial charge in [0.25, 0.3) is 0 Å². The number of nitrogens with one attached hydrogen (secondary N) is 1. The zero-order chi connectivity index (χ0) is 36.2. The van der Waals surface area contributed by atoms with Crippen LogP contribution in [0.25, 0.3) is 0 Å². The predicted molar refractivity (Wildman–Crippen MR) is 196 cm³/mol. The van der Waals surface area contributed by atoms with Gasteiger partial charge in [0.2, 0.25) is 11.8 Å². The topological polar surface area (TPSA) is 99.2 Å². The smallest absolute Gasteiger partial charge is 0.309 e. The summed E-state index contributed by atoms with van der Waals surface area (Å²) in [7, 11) is 0. The molecule has 2 amide bonds. The zero-order valence-corrected chi connectivity index (χ0v) is 30.7. The quantitative estimate of drug-likeness (QED) is 0.196. The summed E-state index contributed by atoms with van der Waals surface area (Å²) in [6.07, 6.45) is 1.16. The number of carbonyl (C=O) groups is 3. The second kappa shape index (κ2) is 15.3. The van der Waals surface area contributed by atoms with E-state index in [9.17, 15) is 19.5 Å². The van der Waals surface area contributed by atoms with Crippen molar-refractivity contribution in [2.45, 2.75) is 91.4 Å². The highest BCUT2D eigenvalue weighted by Crippen LogP contribution is 2.40. The van der Waals surface area contributed by atoms with Gasteiger partial charge in [-0.3, -0.25) is 19.7 Å². The lowest BCUT2D eigenvalue weighted by atomic mass is 9.73. The van der Waals surface area contributed by atoms with E-state index < -0.39 is 23.0 Å². The first-order chi connectivity index (χ1) is 23.8. The second-order valence-corrected chi connectivity index (χ2v) is 14.7.